The second kappa shape index (κ2) is 5.06. The first kappa shape index (κ1) is 13.0. The molecule has 0 saturated carbocycles. The molecule has 1 heterocycles. The molecule has 0 bridgehead atoms. The van der Waals surface area contributed by atoms with Gasteiger partial charge in [-0.15, -0.1) is 0 Å². The van der Waals surface area contributed by atoms with Crippen molar-refractivity contribution in [3.8, 4) is 0 Å². The first-order valence-electron chi connectivity index (χ1n) is 5.98. The van der Waals surface area contributed by atoms with Gasteiger partial charge in [-0.25, -0.2) is 4.79 Å². The van der Waals surface area contributed by atoms with Crippen molar-refractivity contribution in [2.24, 2.45) is 7.05 Å². The molecular formula is C14H14N2O3. The van der Waals surface area contributed by atoms with Gasteiger partial charge >= 0.3 is 5.69 Å². The first-order chi connectivity index (χ1) is 9.06. The molecule has 1 N–H and O–H groups in total. The fraction of sp³-hybridized carbons (Fsp3) is 0.214. The van der Waals surface area contributed by atoms with Crippen molar-refractivity contribution in [3.05, 3.63) is 68.0 Å². The Bertz CT molecular complexity index is 727. The van der Waals surface area contributed by atoms with Gasteiger partial charge in [0.15, 0.2) is 0 Å². The Balaban J connectivity index is 2.72. The van der Waals surface area contributed by atoms with Crippen LogP contribution in [-0.4, -0.2) is 15.3 Å². The summed E-state index contributed by atoms with van der Waals surface area (Å²) in [5.41, 5.74) is -0.137. The quantitative estimate of drug-likeness (QED) is 0.830. The topological polar surface area (TPSA) is 71.9 Å². The largest absolute Gasteiger partial charge is 0.328 e. The van der Waals surface area contributed by atoms with Gasteiger partial charge in [0, 0.05) is 18.2 Å². The van der Waals surface area contributed by atoms with Gasteiger partial charge in [0.2, 0.25) is 5.78 Å². The van der Waals surface area contributed by atoms with E-state index >= 15 is 0 Å². The Hall–Kier alpha value is -2.43. The summed E-state index contributed by atoms with van der Waals surface area (Å²) in [5, 5.41) is 0. The van der Waals surface area contributed by atoms with Gasteiger partial charge in [0.25, 0.3) is 5.56 Å². The van der Waals surface area contributed by atoms with Crippen LogP contribution in [0.2, 0.25) is 0 Å². The number of hydrogen-bond donors (Lipinski definition) is 1. The molecule has 5 nitrogen and oxygen atoms in total. The molecule has 0 aliphatic rings. The van der Waals surface area contributed by atoms with Crippen molar-refractivity contribution in [3.63, 3.8) is 0 Å². The third kappa shape index (κ3) is 2.27. The molecule has 1 aromatic carbocycles. The number of ketones is 1. The maximum Gasteiger partial charge on any atom is 0.328 e. The van der Waals surface area contributed by atoms with Gasteiger partial charge in [-0.2, -0.15) is 0 Å². The highest BCUT2D eigenvalue weighted by molar-refractivity contribution is 6.08. The molecule has 0 saturated heterocycles. The van der Waals surface area contributed by atoms with E-state index in [1.54, 1.807) is 37.3 Å². The van der Waals surface area contributed by atoms with E-state index in [-0.39, 0.29) is 11.5 Å². The summed E-state index contributed by atoms with van der Waals surface area (Å²) in [6.07, 6.45) is 0.386. The number of benzene rings is 1. The predicted molar refractivity (Wildman–Crippen MR) is 71.6 cm³/mol. The molecule has 0 unspecified atom stereocenters. The molecule has 0 aliphatic carbocycles. The lowest BCUT2D eigenvalue weighted by Crippen LogP contribution is -2.35. The summed E-state index contributed by atoms with van der Waals surface area (Å²) < 4.78 is 1.19. The van der Waals surface area contributed by atoms with Gasteiger partial charge in [0.05, 0.1) is 0 Å². The Labute approximate surface area is 109 Å². The molecule has 19 heavy (non-hydrogen) atoms. The number of carbonyl (C=O) groups excluding carboxylic acids is 1. The van der Waals surface area contributed by atoms with Gasteiger partial charge in [0.1, 0.15) is 5.69 Å². The highest BCUT2D eigenvalue weighted by Crippen LogP contribution is 2.10. The summed E-state index contributed by atoms with van der Waals surface area (Å²) in [5.74, 6) is -0.317. The zero-order valence-corrected chi connectivity index (χ0v) is 10.8. The zero-order valence-electron chi connectivity index (χ0n) is 10.8. The number of carbonyl (C=O) groups is 1. The van der Waals surface area contributed by atoms with Crippen molar-refractivity contribution in [2.45, 2.75) is 13.3 Å². The Morgan fingerprint density at radius 1 is 1.21 bits per heavy atom. The molecule has 0 amide bonds. The van der Waals surface area contributed by atoms with E-state index in [4.69, 9.17) is 0 Å². The minimum absolute atomic E-state index is 0.155. The van der Waals surface area contributed by atoms with Gasteiger partial charge in [-0.05, 0) is 6.42 Å². The van der Waals surface area contributed by atoms with Crippen LogP contribution in [0.5, 0.6) is 0 Å². The standard InChI is InChI=1S/C14H14N2O3/c1-3-10-11(16(2)14(19)15-13(10)18)12(17)9-7-5-4-6-8-9/h4-8H,3H2,1-2H3,(H,15,18,19). The molecule has 0 radical (unpaired) electrons. The average molecular weight is 258 g/mol. The molecule has 0 atom stereocenters. The van der Waals surface area contributed by atoms with E-state index in [1.165, 1.54) is 11.6 Å². The molecule has 0 spiro atoms. The minimum atomic E-state index is -0.582. The number of H-pyrrole nitrogens is 1. The van der Waals surface area contributed by atoms with Crippen LogP contribution in [0.25, 0.3) is 0 Å². The van der Waals surface area contributed by atoms with Crippen molar-refractivity contribution in [2.75, 3.05) is 0 Å². The number of nitrogens with one attached hydrogen (secondary N) is 1. The number of nitrogens with zero attached hydrogens (tertiary/aromatic N) is 1. The summed E-state index contributed by atoms with van der Waals surface area (Å²) in [6.45, 7) is 1.77. The highest BCUT2D eigenvalue weighted by Gasteiger charge is 2.19. The van der Waals surface area contributed by atoms with E-state index in [1.807, 2.05) is 0 Å². The molecule has 2 aromatic rings. The lowest BCUT2D eigenvalue weighted by Gasteiger charge is -2.10. The highest BCUT2D eigenvalue weighted by atomic mass is 16.2. The van der Waals surface area contributed by atoms with E-state index < -0.39 is 11.2 Å². The molecule has 98 valence electrons. The molecule has 5 heteroatoms. The van der Waals surface area contributed by atoms with Crippen molar-refractivity contribution < 1.29 is 4.79 Å². The zero-order chi connectivity index (χ0) is 14.0. The second-order valence-electron chi connectivity index (χ2n) is 4.19. The maximum atomic E-state index is 12.4. The third-order valence-electron chi connectivity index (χ3n) is 3.03. The Morgan fingerprint density at radius 2 is 1.84 bits per heavy atom. The Morgan fingerprint density at radius 3 is 2.42 bits per heavy atom. The SMILES string of the molecule is CCc1c(C(=O)c2ccccc2)n(C)c(=O)[nH]c1=O. The summed E-state index contributed by atoms with van der Waals surface area (Å²) in [4.78, 5) is 38.0. The summed E-state index contributed by atoms with van der Waals surface area (Å²) in [7, 11) is 1.48. The number of rotatable bonds is 3. The third-order valence-corrected chi connectivity index (χ3v) is 3.03. The number of aromatic nitrogens is 2. The number of hydrogen-bond acceptors (Lipinski definition) is 3. The van der Waals surface area contributed by atoms with Crippen molar-refractivity contribution >= 4 is 5.78 Å². The summed E-state index contributed by atoms with van der Waals surface area (Å²) in [6, 6.07) is 8.60. The van der Waals surface area contributed by atoms with Crippen LogP contribution in [0.15, 0.2) is 39.9 Å². The molecule has 2 rings (SSSR count). The van der Waals surface area contributed by atoms with Crippen LogP contribution in [0.3, 0.4) is 0 Å². The number of aromatic amines is 1. The predicted octanol–water partition coefficient (Wildman–Crippen LogP) is 0.867. The average Bonchev–Trinajstić information content (AvgIpc) is 2.42. The fourth-order valence-corrected chi connectivity index (χ4v) is 2.01. The fourth-order valence-electron chi connectivity index (χ4n) is 2.01. The van der Waals surface area contributed by atoms with E-state index in [0.717, 1.165) is 0 Å². The van der Waals surface area contributed by atoms with Gasteiger partial charge in [-0.1, -0.05) is 37.3 Å². The van der Waals surface area contributed by atoms with Crippen LogP contribution in [0.1, 0.15) is 28.5 Å². The normalized spacial score (nSPS) is 10.4. The van der Waals surface area contributed by atoms with E-state index in [0.29, 0.717) is 17.5 Å². The first-order valence-corrected chi connectivity index (χ1v) is 5.98. The van der Waals surface area contributed by atoms with Crippen LogP contribution in [0, 0.1) is 0 Å². The van der Waals surface area contributed by atoms with E-state index in [9.17, 15) is 14.4 Å². The van der Waals surface area contributed by atoms with Gasteiger partial charge in [-0.3, -0.25) is 19.1 Å². The molecule has 0 aliphatic heterocycles. The lowest BCUT2D eigenvalue weighted by atomic mass is 10.0. The molecule has 1 aromatic heterocycles. The van der Waals surface area contributed by atoms with Crippen molar-refractivity contribution in [1.29, 1.82) is 0 Å². The van der Waals surface area contributed by atoms with Crippen LogP contribution >= 0.6 is 0 Å². The van der Waals surface area contributed by atoms with Crippen LogP contribution < -0.4 is 11.2 Å². The monoisotopic (exact) mass is 258 g/mol. The van der Waals surface area contributed by atoms with Gasteiger partial charge < -0.3 is 0 Å². The second-order valence-corrected chi connectivity index (χ2v) is 4.19. The van der Waals surface area contributed by atoms with Crippen molar-refractivity contribution in [1.82, 2.24) is 9.55 Å². The van der Waals surface area contributed by atoms with E-state index in [2.05, 4.69) is 4.98 Å². The maximum absolute atomic E-state index is 12.4. The van der Waals surface area contributed by atoms with Crippen LogP contribution in [-0.2, 0) is 13.5 Å². The lowest BCUT2D eigenvalue weighted by molar-refractivity contribution is 0.102. The molecular weight excluding hydrogens is 244 g/mol. The molecule has 0 fully saturated rings. The smallest absolute Gasteiger partial charge is 0.293 e. The Kier molecular flexibility index (Phi) is 3.46. The summed E-state index contributed by atoms with van der Waals surface area (Å²) >= 11 is 0. The van der Waals surface area contributed by atoms with Crippen LogP contribution in [0.4, 0.5) is 0 Å². The minimum Gasteiger partial charge on any atom is -0.293 e.